The first-order valence-corrected chi connectivity index (χ1v) is 10.9. The normalized spacial score (nSPS) is 22.5. The van der Waals surface area contributed by atoms with Gasteiger partial charge in [-0.25, -0.2) is 9.59 Å². The van der Waals surface area contributed by atoms with E-state index in [0.29, 0.717) is 12.8 Å². The molecule has 1 fully saturated rings. The first-order valence-electron chi connectivity index (χ1n) is 10.9. The van der Waals surface area contributed by atoms with E-state index in [1.807, 2.05) is 24.3 Å². The first kappa shape index (κ1) is 21.4. The zero-order valence-corrected chi connectivity index (χ0v) is 18.0. The van der Waals surface area contributed by atoms with Crippen molar-refractivity contribution in [3.8, 4) is 11.1 Å². The molecule has 2 aliphatic carbocycles. The summed E-state index contributed by atoms with van der Waals surface area (Å²) in [5.41, 5.74) is 3.28. The Balaban J connectivity index is 1.56. The summed E-state index contributed by atoms with van der Waals surface area (Å²) in [6.45, 7) is 2.23. The largest absolute Gasteiger partial charge is 0.479 e. The number of carboxylic acid groups (broad SMARTS) is 1. The van der Waals surface area contributed by atoms with Crippen LogP contribution in [0.15, 0.2) is 48.5 Å². The molecule has 0 aliphatic heterocycles. The third kappa shape index (κ3) is 3.69. The fourth-order valence-corrected chi connectivity index (χ4v) is 5.24. The van der Waals surface area contributed by atoms with Gasteiger partial charge < -0.3 is 14.6 Å². The van der Waals surface area contributed by atoms with Crippen LogP contribution in [0.1, 0.15) is 49.7 Å². The number of likely N-dealkylation sites (N-methyl/N-ethyl adjacent to an activating group) is 1. The SMILES string of the molecule is CCN(C(=O)OCC1c2ccccc2-c2ccccc21)C1(C(=O)O)CCCC(OC)C1. The van der Waals surface area contributed by atoms with E-state index in [1.165, 1.54) is 4.90 Å². The summed E-state index contributed by atoms with van der Waals surface area (Å²) >= 11 is 0. The summed E-state index contributed by atoms with van der Waals surface area (Å²) in [5.74, 6) is -1.06. The number of fused-ring (bicyclic) bond motifs is 3. The Hall–Kier alpha value is -2.86. The number of nitrogens with zero attached hydrogens (tertiary/aromatic N) is 1. The van der Waals surface area contributed by atoms with Gasteiger partial charge in [-0.05, 0) is 48.4 Å². The Bertz CT molecular complexity index is 928. The van der Waals surface area contributed by atoms with Crippen molar-refractivity contribution in [2.45, 2.75) is 50.2 Å². The summed E-state index contributed by atoms with van der Waals surface area (Å²) in [7, 11) is 1.59. The quantitative estimate of drug-likeness (QED) is 0.731. The van der Waals surface area contributed by atoms with E-state index >= 15 is 0 Å². The second-order valence-electron chi connectivity index (χ2n) is 8.34. The zero-order chi connectivity index (χ0) is 22.0. The maximum absolute atomic E-state index is 13.2. The molecule has 2 unspecified atom stereocenters. The Morgan fingerprint density at radius 2 is 1.71 bits per heavy atom. The van der Waals surface area contributed by atoms with Gasteiger partial charge in [0.25, 0.3) is 0 Å². The molecule has 1 N–H and O–H groups in total. The van der Waals surface area contributed by atoms with Gasteiger partial charge in [-0.15, -0.1) is 0 Å². The zero-order valence-electron chi connectivity index (χ0n) is 18.0. The standard InChI is InChI=1S/C25H29NO5/c1-3-26(25(23(27)28)14-8-9-17(15-25)30-2)24(29)31-16-22-20-12-6-4-10-18(20)19-11-5-7-13-21(19)22/h4-7,10-13,17,22H,3,8-9,14-16H2,1-2H3,(H,27,28). The summed E-state index contributed by atoms with van der Waals surface area (Å²) < 4.78 is 11.2. The van der Waals surface area contributed by atoms with Crippen LogP contribution in [-0.4, -0.2) is 54.0 Å². The minimum absolute atomic E-state index is 0.0612. The molecule has 0 saturated heterocycles. The van der Waals surface area contributed by atoms with E-state index in [1.54, 1.807) is 14.0 Å². The number of aliphatic carboxylic acids is 1. The lowest BCUT2D eigenvalue weighted by atomic mass is 9.78. The third-order valence-electron chi connectivity index (χ3n) is 6.80. The molecule has 4 rings (SSSR count). The number of carbonyl (C=O) groups excluding carboxylic acids is 1. The molecule has 0 spiro atoms. The number of ether oxygens (including phenoxy) is 2. The molecule has 6 nitrogen and oxygen atoms in total. The van der Waals surface area contributed by atoms with Crippen molar-refractivity contribution in [3.05, 3.63) is 59.7 Å². The fraction of sp³-hybridized carbons (Fsp3) is 0.440. The molecular weight excluding hydrogens is 394 g/mol. The van der Waals surface area contributed by atoms with Crippen LogP contribution in [0.4, 0.5) is 4.79 Å². The number of hydrogen-bond donors (Lipinski definition) is 1. The smallest absolute Gasteiger partial charge is 0.410 e. The van der Waals surface area contributed by atoms with Gasteiger partial charge in [0.15, 0.2) is 0 Å². The lowest BCUT2D eigenvalue weighted by Gasteiger charge is -2.44. The van der Waals surface area contributed by atoms with Gasteiger partial charge in [0.2, 0.25) is 0 Å². The van der Waals surface area contributed by atoms with Crippen LogP contribution in [0.3, 0.4) is 0 Å². The number of methoxy groups -OCH3 is 1. The van der Waals surface area contributed by atoms with Gasteiger partial charge >= 0.3 is 12.1 Å². The van der Waals surface area contributed by atoms with Gasteiger partial charge in [0, 0.05) is 26.0 Å². The van der Waals surface area contributed by atoms with Crippen molar-refractivity contribution in [2.24, 2.45) is 0 Å². The number of carboxylic acids is 1. The molecular formula is C25H29NO5. The predicted molar refractivity (Wildman–Crippen MR) is 117 cm³/mol. The molecule has 2 aliphatic rings. The van der Waals surface area contributed by atoms with E-state index < -0.39 is 17.6 Å². The van der Waals surface area contributed by atoms with Crippen LogP contribution in [0.2, 0.25) is 0 Å². The van der Waals surface area contributed by atoms with Crippen molar-refractivity contribution >= 4 is 12.1 Å². The highest BCUT2D eigenvalue weighted by molar-refractivity contribution is 5.85. The summed E-state index contributed by atoms with van der Waals surface area (Å²) in [6.07, 6.45) is 1.41. The van der Waals surface area contributed by atoms with E-state index in [9.17, 15) is 14.7 Å². The molecule has 2 aromatic carbocycles. The van der Waals surface area contributed by atoms with Crippen LogP contribution in [0, 0.1) is 0 Å². The molecule has 2 atom stereocenters. The molecule has 0 heterocycles. The molecule has 164 valence electrons. The Labute approximate surface area is 182 Å². The van der Waals surface area contributed by atoms with Crippen molar-refractivity contribution in [1.82, 2.24) is 4.90 Å². The Morgan fingerprint density at radius 1 is 1.10 bits per heavy atom. The number of hydrogen-bond acceptors (Lipinski definition) is 4. The van der Waals surface area contributed by atoms with E-state index in [4.69, 9.17) is 9.47 Å². The topological polar surface area (TPSA) is 76.1 Å². The fourth-order valence-electron chi connectivity index (χ4n) is 5.24. The lowest BCUT2D eigenvalue weighted by Crippen LogP contribution is -2.60. The third-order valence-corrected chi connectivity index (χ3v) is 6.80. The highest BCUT2D eigenvalue weighted by Crippen LogP contribution is 2.44. The maximum atomic E-state index is 13.2. The number of carbonyl (C=O) groups is 2. The van der Waals surface area contributed by atoms with Crippen LogP contribution in [0.5, 0.6) is 0 Å². The van der Waals surface area contributed by atoms with Crippen molar-refractivity contribution in [1.29, 1.82) is 0 Å². The van der Waals surface area contributed by atoms with Crippen molar-refractivity contribution in [3.63, 3.8) is 0 Å². The number of benzene rings is 2. The molecule has 0 aromatic heterocycles. The molecule has 1 saturated carbocycles. The molecule has 6 heteroatoms. The molecule has 0 bridgehead atoms. The Morgan fingerprint density at radius 3 is 2.26 bits per heavy atom. The number of amides is 1. The van der Waals surface area contributed by atoms with E-state index in [0.717, 1.165) is 28.7 Å². The first-order chi connectivity index (χ1) is 15.0. The molecule has 2 aromatic rings. The Kier molecular flexibility index (Phi) is 6.01. The van der Waals surface area contributed by atoms with Gasteiger partial charge in [-0.2, -0.15) is 0 Å². The monoisotopic (exact) mass is 423 g/mol. The van der Waals surface area contributed by atoms with Gasteiger partial charge in [0.1, 0.15) is 12.1 Å². The van der Waals surface area contributed by atoms with Crippen LogP contribution < -0.4 is 0 Å². The second kappa shape index (κ2) is 8.71. The minimum Gasteiger partial charge on any atom is -0.479 e. The highest BCUT2D eigenvalue weighted by atomic mass is 16.6. The van der Waals surface area contributed by atoms with Crippen LogP contribution >= 0.6 is 0 Å². The highest BCUT2D eigenvalue weighted by Gasteiger charge is 2.50. The van der Waals surface area contributed by atoms with Gasteiger partial charge in [-0.3, -0.25) is 4.90 Å². The van der Waals surface area contributed by atoms with Crippen molar-refractivity contribution in [2.75, 3.05) is 20.3 Å². The van der Waals surface area contributed by atoms with E-state index in [-0.39, 0.29) is 31.6 Å². The van der Waals surface area contributed by atoms with Crippen LogP contribution in [-0.2, 0) is 14.3 Å². The van der Waals surface area contributed by atoms with E-state index in [2.05, 4.69) is 24.3 Å². The average molecular weight is 424 g/mol. The molecule has 0 radical (unpaired) electrons. The van der Waals surface area contributed by atoms with Crippen molar-refractivity contribution < 1.29 is 24.2 Å². The predicted octanol–water partition coefficient (Wildman–Crippen LogP) is 4.67. The lowest BCUT2D eigenvalue weighted by molar-refractivity contribution is -0.156. The average Bonchev–Trinajstić information content (AvgIpc) is 3.12. The minimum atomic E-state index is -1.30. The second-order valence-corrected chi connectivity index (χ2v) is 8.34. The summed E-state index contributed by atoms with van der Waals surface area (Å²) in [6, 6.07) is 16.3. The summed E-state index contributed by atoms with van der Waals surface area (Å²) in [5, 5.41) is 10.1. The van der Waals surface area contributed by atoms with Crippen LogP contribution in [0.25, 0.3) is 11.1 Å². The molecule has 31 heavy (non-hydrogen) atoms. The van der Waals surface area contributed by atoms with Gasteiger partial charge in [-0.1, -0.05) is 48.5 Å². The maximum Gasteiger partial charge on any atom is 0.410 e. The molecule has 1 amide bonds. The number of rotatable bonds is 6. The summed E-state index contributed by atoms with van der Waals surface area (Å²) in [4.78, 5) is 26.9. The van der Waals surface area contributed by atoms with Gasteiger partial charge in [0.05, 0.1) is 6.10 Å².